The van der Waals surface area contributed by atoms with Crippen LogP contribution in [0, 0.1) is 0 Å². The molecular weight excluding hydrogens is 268 g/mol. The zero-order valence-corrected chi connectivity index (χ0v) is 11.1. The summed E-state index contributed by atoms with van der Waals surface area (Å²) in [7, 11) is 0. The Kier molecular flexibility index (Phi) is 4.06. The van der Waals surface area contributed by atoms with Crippen LogP contribution in [0.4, 0.5) is 0 Å². The van der Waals surface area contributed by atoms with Gasteiger partial charge in [-0.3, -0.25) is 4.68 Å². The van der Waals surface area contributed by atoms with E-state index in [4.69, 9.17) is 21.4 Å². The molecule has 1 heterocycles. The first-order valence-electron chi connectivity index (χ1n) is 5.77. The Bertz CT molecular complexity index is 595. The van der Waals surface area contributed by atoms with Crippen molar-refractivity contribution >= 4 is 17.6 Å². The molecule has 6 heteroatoms. The second-order valence-electron chi connectivity index (χ2n) is 3.94. The second kappa shape index (κ2) is 5.75. The van der Waals surface area contributed by atoms with Gasteiger partial charge >= 0.3 is 5.97 Å². The number of rotatable bonds is 5. The van der Waals surface area contributed by atoms with Gasteiger partial charge in [0.05, 0.1) is 16.8 Å². The molecule has 0 aliphatic carbocycles. The van der Waals surface area contributed by atoms with E-state index in [1.807, 2.05) is 13.1 Å². The fourth-order valence-corrected chi connectivity index (χ4v) is 1.80. The van der Waals surface area contributed by atoms with Gasteiger partial charge in [-0.2, -0.15) is 5.10 Å². The number of hydrogen-bond donors (Lipinski definition) is 1. The van der Waals surface area contributed by atoms with Crippen LogP contribution < -0.4 is 4.74 Å². The molecule has 0 spiro atoms. The second-order valence-corrected chi connectivity index (χ2v) is 4.35. The minimum absolute atomic E-state index is 0.135. The van der Waals surface area contributed by atoms with E-state index in [9.17, 15) is 4.79 Å². The summed E-state index contributed by atoms with van der Waals surface area (Å²) < 4.78 is 7.34. The van der Waals surface area contributed by atoms with E-state index >= 15 is 0 Å². The number of aromatic carboxylic acids is 1. The van der Waals surface area contributed by atoms with Crippen molar-refractivity contribution in [3.05, 3.63) is 46.7 Å². The maximum atomic E-state index is 10.8. The van der Waals surface area contributed by atoms with E-state index in [1.165, 1.54) is 12.1 Å². The number of aryl methyl sites for hydroxylation is 1. The van der Waals surface area contributed by atoms with Crippen LogP contribution >= 0.6 is 11.6 Å². The molecule has 5 nitrogen and oxygen atoms in total. The molecule has 0 saturated carbocycles. The van der Waals surface area contributed by atoms with Crippen LogP contribution in [0.1, 0.15) is 22.8 Å². The van der Waals surface area contributed by atoms with Gasteiger partial charge in [0.2, 0.25) is 0 Å². The van der Waals surface area contributed by atoms with Crippen molar-refractivity contribution in [1.82, 2.24) is 9.78 Å². The third-order valence-corrected chi connectivity index (χ3v) is 2.88. The minimum atomic E-state index is -1.02. The van der Waals surface area contributed by atoms with Crippen LogP contribution in [-0.2, 0) is 13.2 Å². The molecule has 0 aliphatic rings. The number of carboxylic acids is 1. The quantitative estimate of drug-likeness (QED) is 0.915. The zero-order valence-electron chi connectivity index (χ0n) is 10.3. The Labute approximate surface area is 115 Å². The molecule has 0 radical (unpaired) electrons. The SMILES string of the molecule is CCn1cc(COc2ccc(C(=O)O)cc2Cl)cn1. The topological polar surface area (TPSA) is 64.3 Å². The van der Waals surface area contributed by atoms with Crippen molar-refractivity contribution in [3.8, 4) is 5.75 Å². The largest absolute Gasteiger partial charge is 0.487 e. The van der Waals surface area contributed by atoms with Gasteiger partial charge in [-0.05, 0) is 25.1 Å². The lowest BCUT2D eigenvalue weighted by Gasteiger charge is -2.07. The lowest BCUT2D eigenvalue weighted by atomic mass is 10.2. The first-order chi connectivity index (χ1) is 9.10. The predicted molar refractivity (Wildman–Crippen MR) is 70.6 cm³/mol. The average Bonchev–Trinajstić information content (AvgIpc) is 2.85. The summed E-state index contributed by atoms with van der Waals surface area (Å²) >= 11 is 5.96. The number of halogens is 1. The molecule has 0 aliphatic heterocycles. The van der Waals surface area contributed by atoms with Crippen molar-refractivity contribution in [3.63, 3.8) is 0 Å². The molecule has 0 unspecified atom stereocenters. The van der Waals surface area contributed by atoms with E-state index in [-0.39, 0.29) is 10.6 Å². The highest BCUT2D eigenvalue weighted by atomic mass is 35.5. The Morgan fingerprint density at radius 3 is 2.89 bits per heavy atom. The van der Waals surface area contributed by atoms with Gasteiger partial charge < -0.3 is 9.84 Å². The van der Waals surface area contributed by atoms with E-state index in [0.29, 0.717) is 12.4 Å². The summed E-state index contributed by atoms with van der Waals surface area (Å²) in [6.07, 6.45) is 3.61. The normalized spacial score (nSPS) is 10.4. The molecule has 1 aromatic heterocycles. The standard InChI is InChI=1S/C13H13ClN2O3/c1-2-16-7-9(6-15-16)8-19-12-4-3-10(13(17)18)5-11(12)14/h3-7H,2,8H2,1H3,(H,17,18). The molecule has 0 atom stereocenters. The first-order valence-corrected chi connectivity index (χ1v) is 6.15. The van der Waals surface area contributed by atoms with Crippen molar-refractivity contribution in [2.45, 2.75) is 20.1 Å². The van der Waals surface area contributed by atoms with E-state index in [1.54, 1.807) is 16.9 Å². The van der Waals surface area contributed by atoms with Crippen LogP contribution in [-0.4, -0.2) is 20.9 Å². The van der Waals surface area contributed by atoms with Crippen LogP contribution in [0.5, 0.6) is 5.75 Å². The number of ether oxygens (including phenoxy) is 1. The Morgan fingerprint density at radius 2 is 2.32 bits per heavy atom. The van der Waals surface area contributed by atoms with Crippen molar-refractivity contribution in [2.24, 2.45) is 0 Å². The molecule has 1 N–H and O–H groups in total. The lowest BCUT2D eigenvalue weighted by Crippen LogP contribution is -1.99. The summed E-state index contributed by atoms with van der Waals surface area (Å²) in [5.41, 5.74) is 1.07. The van der Waals surface area contributed by atoms with Crippen LogP contribution in [0.3, 0.4) is 0 Å². The maximum Gasteiger partial charge on any atom is 0.335 e. The van der Waals surface area contributed by atoms with Gasteiger partial charge in [0.25, 0.3) is 0 Å². The van der Waals surface area contributed by atoms with Crippen LogP contribution in [0.25, 0.3) is 0 Å². The maximum absolute atomic E-state index is 10.8. The van der Waals surface area contributed by atoms with E-state index in [0.717, 1.165) is 12.1 Å². The summed E-state index contributed by atoms with van der Waals surface area (Å²) in [5.74, 6) is -0.561. The van der Waals surface area contributed by atoms with Crippen molar-refractivity contribution in [1.29, 1.82) is 0 Å². The van der Waals surface area contributed by atoms with Gasteiger partial charge in [0.15, 0.2) is 0 Å². The Morgan fingerprint density at radius 1 is 1.53 bits per heavy atom. The van der Waals surface area contributed by atoms with E-state index in [2.05, 4.69) is 5.10 Å². The van der Waals surface area contributed by atoms with Crippen LogP contribution in [0.15, 0.2) is 30.6 Å². The van der Waals surface area contributed by atoms with Gasteiger partial charge in [-0.15, -0.1) is 0 Å². The monoisotopic (exact) mass is 280 g/mol. The zero-order chi connectivity index (χ0) is 13.8. The Hall–Kier alpha value is -2.01. The number of hydrogen-bond acceptors (Lipinski definition) is 3. The molecule has 0 bridgehead atoms. The molecule has 19 heavy (non-hydrogen) atoms. The number of aromatic nitrogens is 2. The molecule has 0 fully saturated rings. The first kappa shape index (κ1) is 13.4. The highest BCUT2D eigenvalue weighted by Gasteiger charge is 2.08. The fraction of sp³-hybridized carbons (Fsp3) is 0.231. The van der Waals surface area contributed by atoms with E-state index < -0.39 is 5.97 Å². The highest BCUT2D eigenvalue weighted by molar-refractivity contribution is 6.32. The average molecular weight is 281 g/mol. The highest BCUT2D eigenvalue weighted by Crippen LogP contribution is 2.26. The molecule has 2 aromatic rings. The molecule has 1 aromatic carbocycles. The number of carboxylic acid groups (broad SMARTS) is 1. The molecule has 0 amide bonds. The van der Waals surface area contributed by atoms with Crippen molar-refractivity contribution in [2.75, 3.05) is 0 Å². The molecule has 100 valence electrons. The predicted octanol–water partition coefficient (Wildman–Crippen LogP) is 2.83. The summed E-state index contributed by atoms with van der Waals surface area (Å²) in [5, 5.41) is 13.2. The smallest absolute Gasteiger partial charge is 0.335 e. The number of benzene rings is 1. The Balaban J connectivity index is 2.05. The molecule has 2 rings (SSSR count). The summed E-state index contributed by atoms with van der Waals surface area (Å²) in [4.78, 5) is 10.8. The van der Waals surface area contributed by atoms with Gasteiger partial charge in [0, 0.05) is 18.3 Å². The number of carbonyl (C=O) groups is 1. The van der Waals surface area contributed by atoms with Crippen molar-refractivity contribution < 1.29 is 14.6 Å². The third-order valence-electron chi connectivity index (χ3n) is 2.58. The summed E-state index contributed by atoms with van der Waals surface area (Å²) in [6.45, 7) is 3.14. The lowest BCUT2D eigenvalue weighted by molar-refractivity contribution is 0.0697. The van der Waals surface area contributed by atoms with Gasteiger partial charge in [-0.1, -0.05) is 11.6 Å². The fourth-order valence-electron chi connectivity index (χ4n) is 1.57. The van der Waals surface area contributed by atoms with Crippen LogP contribution in [0.2, 0.25) is 5.02 Å². The number of nitrogens with zero attached hydrogens (tertiary/aromatic N) is 2. The summed E-state index contributed by atoms with van der Waals surface area (Å²) in [6, 6.07) is 4.38. The third kappa shape index (κ3) is 3.26. The molecule has 0 saturated heterocycles. The molecular formula is C13H13ClN2O3. The van der Waals surface area contributed by atoms with Gasteiger partial charge in [-0.25, -0.2) is 4.79 Å². The minimum Gasteiger partial charge on any atom is -0.487 e. The van der Waals surface area contributed by atoms with Gasteiger partial charge in [0.1, 0.15) is 12.4 Å².